The van der Waals surface area contributed by atoms with Gasteiger partial charge in [-0.2, -0.15) is 0 Å². The summed E-state index contributed by atoms with van der Waals surface area (Å²) >= 11 is 0. The van der Waals surface area contributed by atoms with E-state index in [2.05, 4.69) is 10.2 Å². The molecule has 3 fully saturated rings. The zero-order valence-corrected chi connectivity index (χ0v) is 18.1. The van der Waals surface area contributed by atoms with Gasteiger partial charge in [0.25, 0.3) is 5.91 Å². The molecule has 1 aromatic carbocycles. The van der Waals surface area contributed by atoms with Crippen molar-refractivity contribution >= 4 is 29.3 Å². The van der Waals surface area contributed by atoms with Crippen LogP contribution < -0.4 is 10.2 Å². The standard InChI is InChI=1S/C23H30N4O4/c1-17(28)18-6-8-19(9-7-18)25-13-15-26(16-14-25)20(29)5-4-12-27-21(30)23(24-22(27)31)10-2-3-11-23/h6-9H,2-5,10-16H2,1H3,(H,24,31). The minimum absolute atomic E-state index is 0.0495. The van der Waals surface area contributed by atoms with Gasteiger partial charge in [-0.3, -0.25) is 19.3 Å². The first-order valence-corrected chi connectivity index (χ1v) is 11.2. The molecular formula is C23H30N4O4. The third-order valence-corrected chi connectivity index (χ3v) is 6.75. The number of Topliss-reactive ketones (excluding diaryl/α,β-unsaturated/α-hetero) is 1. The van der Waals surface area contributed by atoms with Crippen molar-refractivity contribution in [3.8, 4) is 0 Å². The van der Waals surface area contributed by atoms with Gasteiger partial charge in [0.05, 0.1) is 0 Å². The van der Waals surface area contributed by atoms with E-state index in [-0.39, 0.29) is 23.6 Å². The number of hydrogen-bond acceptors (Lipinski definition) is 5. The van der Waals surface area contributed by atoms with Crippen LogP contribution in [0.15, 0.2) is 24.3 Å². The number of imide groups is 1. The Kier molecular flexibility index (Phi) is 5.98. The number of piperazine rings is 1. The van der Waals surface area contributed by atoms with Crippen molar-refractivity contribution in [2.45, 2.75) is 51.0 Å². The second-order valence-corrected chi connectivity index (χ2v) is 8.75. The Balaban J connectivity index is 1.22. The molecule has 4 rings (SSSR count). The normalized spacial score (nSPS) is 20.5. The average Bonchev–Trinajstić information content (AvgIpc) is 3.34. The Morgan fingerprint density at radius 1 is 1.00 bits per heavy atom. The SMILES string of the molecule is CC(=O)c1ccc(N2CCN(C(=O)CCCN3C(=O)NC4(CCCC4)C3=O)CC2)cc1. The van der Waals surface area contributed by atoms with E-state index < -0.39 is 5.54 Å². The van der Waals surface area contributed by atoms with Crippen LogP contribution in [-0.2, 0) is 9.59 Å². The van der Waals surface area contributed by atoms with Crippen LogP contribution in [0.5, 0.6) is 0 Å². The highest BCUT2D eigenvalue weighted by Gasteiger charge is 2.52. The maximum Gasteiger partial charge on any atom is 0.325 e. The predicted molar refractivity (Wildman–Crippen MR) is 116 cm³/mol. The first-order valence-electron chi connectivity index (χ1n) is 11.2. The number of carbonyl (C=O) groups is 4. The highest BCUT2D eigenvalue weighted by atomic mass is 16.2. The summed E-state index contributed by atoms with van der Waals surface area (Å²) in [5.74, 6) is -0.00504. The van der Waals surface area contributed by atoms with E-state index >= 15 is 0 Å². The molecule has 3 aliphatic rings. The number of amides is 4. The average molecular weight is 427 g/mol. The van der Waals surface area contributed by atoms with Crippen LogP contribution in [0.2, 0.25) is 0 Å². The Bertz CT molecular complexity index is 868. The third kappa shape index (κ3) is 4.29. The summed E-state index contributed by atoms with van der Waals surface area (Å²) in [4.78, 5) is 54.3. The van der Waals surface area contributed by atoms with E-state index in [0.29, 0.717) is 38.0 Å². The molecule has 2 aliphatic heterocycles. The predicted octanol–water partition coefficient (Wildman–Crippen LogP) is 2.18. The topological polar surface area (TPSA) is 90.0 Å². The number of nitrogens with zero attached hydrogens (tertiary/aromatic N) is 3. The molecule has 2 saturated heterocycles. The maximum atomic E-state index is 12.7. The second kappa shape index (κ2) is 8.69. The molecule has 31 heavy (non-hydrogen) atoms. The van der Waals surface area contributed by atoms with Crippen LogP contribution >= 0.6 is 0 Å². The minimum atomic E-state index is -0.681. The molecule has 0 aromatic heterocycles. The Morgan fingerprint density at radius 2 is 1.65 bits per heavy atom. The third-order valence-electron chi connectivity index (χ3n) is 6.75. The number of anilines is 1. The van der Waals surface area contributed by atoms with Gasteiger partial charge < -0.3 is 15.1 Å². The fraction of sp³-hybridized carbons (Fsp3) is 0.565. The van der Waals surface area contributed by atoms with Gasteiger partial charge in [-0.25, -0.2) is 4.79 Å². The van der Waals surface area contributed by atoms with Gasteiger partial charge in [-0.05, 0) is 50.5 Å². The van der Waals surface area contributed by atoms with Gasteiger partial charge in [0.2, 0.25) is 5.91 Å². The van der Waals surface area contributed by atoms with Gasteiger partial charge in [-0.1, -0.05) is 12.8 Å². The van der Waals surface area contributed by atoms with Gasteiger partial charge in [0.1, 0.15) is 5.54 Å². The number of ketones is 1. The molecule has 2 heterocycles. The summed E-state index contributed by atoms with van der Waals surface area (Å²) in [5, 5.41) is 2.88. The highest BCUT2D eigenvalue weighted by molar-refractivity contribution is 6.07. The van der Waals surface area contributed by atoms with Gasteiger partial charge in [0.15, 0.2) is 5.78 Å². The molecule has 1 N–H and O–H groups in total. The fourth-order valence-electron chi connectivity index (χ4n) is 4.86. The lowest BCUT2D eigenvalue weighted by atomic mass is 9.98. The largest absolute Gasteiger partial charge is 0.368 e. The summed E-state index contributed by atoms with van der Waals surface area (Å²) in [7, 11) is 0. The quantitative estimate of drug-likeness (QED) is 0.556. The zero-order chi connectivity index (χ0) is 22.0. The first kappa shape index (κ1) is 21.3. The van der Waals surface area contributed by atoms with Crippen LogP contribution in [0.4, 0.5) is 10.5 Å². The molecule has 1 aliphatic carbocycles. The molecule has 8 nitrogen and oxygen atoms in total. The highest BCUT2D eigenvalue weighted by Crippen LogP contribution is 2.35. The second-order valence-electron chi connectivity index (χ2n) is 8.75. The van der Waals surface area contributed by atoms with E-state index in [9.17, 15) is 19.2 Å². The van der Waals surface area contributed by atoms with E-state index in [4.69, 9.17) is 0 Å². The van der Waals surface area contributed by atoms with Gasteiger partial charge >= 0.3 is 6.03 Å². The fourth-order valence-corrected chi connectivity index (χ4v) is 4.86. The molecule has 1 spiro atoms. The van der Waals surface area contributed by atoms with E-state index in [1.807, 2.05) is 29.2 Å². The van der Waals surface area contributed by atoms with Crippen LogP contribution in [-0.4, -0.2) is 71.7 Å². The van der Waals surface area contributed by atoms with Crippen LogP contribution in [0.25, 0.3) is 0 Å². The molecule has 0 atom stereocenters. The first-order chi connectivity index (χ1) is 14.9. The van der Waals surface area contributed by atoms with Crippen molar-refractivity contribution in [1.82, 2.24) is 15.1 Å². The molecule has 166 valence electrons. The zero-order valence-electron chi connectivity index (χ0n) is 18.1. The van der Waals surface area contributed by atoms with Crippen molar-refractivity contribution in [3.05, 3.63) is 29.8 Å². The summed E-state index contributed by atoms with van der Waals surface area (Å²) in [6.07, 6.45) is 4.18. The van der Waals surface area contributed by atoms with Crippen LogP contribution in [0.1, 0.15) is 55.8 Å². The molecule has 0 bridgehead atoms. The molecule has 0 unspecified atom stereocenters. The van der Waals surface area contributed by atoms with E-state index in [0.717, 1.165) is 44.5 Å². The molecular weight excluding hydrogens is 396 g/mol. The Labute approximate surface area is 182 Å². The summed E-state index contributed by atoms with van der Waals surface area (Å²) in [5.41, 5.74) is 1.07. The molecule has 4 amide bonds. The smallest absolute Gasteiger partial charge is 0.325 e. The molecule has 1 saturated carbocycles. The van der Waals surface area contributed by atoms with Crippen molar-refractivity contribution in [1.29, 1.82) is 0 Å². The lowest BCUT2D eigenvalue weighted by Gasteiger charge is -2.36. The molecule has 0 radical (unpaired) electrons. The number of carbonyl (C=O) groups excluding carboxylic acids is 4. The Morgan fingerprint density at radius 3 is 2.26 bits per heavy atom. The van der Waals surface area contributed by atoms with Crippen LogP contribution in [0.3, 0.4) is 0 Å². The lowest BCUT2D eigenvalue weighted by molar-refractivity contribution is -0.133. The summed E-state index contributed by atoms with van der Waals surface area (Å²) in [6, 6.07) is 7.25. The number of urea groups is 1. The van der Waals surface area contributed by atoms with E-state index in [1.54, 1.807) is 6.92 Å². The van der Waals surface area contributed by atoms with Crippen molar-refractivity contribution in [3.63, 3.8) is 0 Å². The van der Waals surface area contributed by atoms with Crippen molar-refractivity contribution in [2.24, 2.45) is 0 Å². The van der Waals surface area contributed by atoms with Crippen molar-refractivity contribution in [2.75, 3.05) is 37.6 Å². The lowest BCUT2D eigenvalue weighted by Crippen LogP contribution is -2.49. The van der Waals surface area contributed by atoms with Crippen molar-refractivity contribution < 1.29 is 19.2 Å². The number of nitrogens with one attached hydrogen (secondary N) is 1. The number of benzene rings is 1. The number of hydrogen-bond donors (Lipinski definition) is 1. The van der Waals surface area contributed by atoms with Gasteiger partial charge in [0, 0.05) is 50.4 Å². The Hall–Kier alpha value is -2.90. The monoisotopic (exact) mass is 426 g/mol. The summed E-state index contributed by atoms with van der Waals surface area (Å²) < 4.78 is 0. The maximum absolute atomic E-state index is 12.7. The number of rotatable bonds is 6. The summed E-state index contributed by atoms with van der Waals surface area (Å²) in [6.45, 7) is 4.60. The molecule has 1 aromatic rings. The molecule has 8 heteroatoms. The minimum Gasteiger partial charge on any atom is -0.368 e. The van der Waals surface area contributed by atoms with E-state index in [1.165, 1.54) is 4.90 Å². The van der Waals surface area contributed by atoms with Gasteiger partial charge in [-0.15, -0.1) is 0 Å². The van der Waals surface area contributed by atoms with Crippen LogP contribution in [0, 0.1) is 0 Å².